The number of aliphatic hydroxyl groups is 1. The Morgan fingerprint density at radius 1 is 1.59 bits per heavy atom. The van der Waals surface area contributed by atoms with Crippen LogP contribution in [0.15, 0.2) is 18.2 Å². The van der Waals surface area contributed by atoms with Crippen LogP contribution >= 0.6 is 11.6 Å². The maximum Gasteiger partial charge on any atom is 0.251 e. The van der Waals surface area contributed by atoms with Crippen molar-refractivity contribution in [2.24, 2.45) is 0 Å². The van der Waals surface area contributed by atoms with Crippen molar-refractivity contribution in [2.45, 2.75) is 19.6 Å². The molecule has 1 N–H and O–H groups in total. The summed E-state index contributed by atoms with van der Waals surface area (Å²) in [5, 5.41) is 9.71. The molecular weight excluding hydrogens is 242 g/mol. The van der Waals surface area contributed by atoms with E-state index in [4.69, 9.17) is 16.3 Å². The molecule has 0 aromatic heterocycles. The molecule has 17 heavy (non-hydrogen) atoms. The molecule has 1 rings (SSSR count). The van der Waals surface area contributed by atoms with Gasteiger partial charge in [0, 0.05) is 18.6 Å². The SMILES string of the molecule is COc1ccc(CN(C)C(=O)C(C)O)c(Cl)c1. The molecule has 0 aliphatic rings. The van der Waals surface area contributed by atoms with Crippen LogP contribution in [0.1, 0.15) is 12.5 Å². The second-order valence-electron chi connectivity index (χ2n) is 3.83. The van der Waals surface area contributed by atoms with Crippen LogP contribution in [-0.2, 0) is 11.3 Å². The van der Waals surface area contributed by atoms with Gasteiger partial charge >= 0.3 is 0 Å². The van der Waals surface area contributed by atoms with Gasteiger partial charge in [-0.2, -0.15) is 0 Å². The summed E-state index contributed by atoms with van der Waals surface area (Å²) < 4.78 is 5.04. The maximum absolute atomic E-state index is 11.5. The zero-order valence-electron chi connectivity index (χ0n) is 10.1. The van der Waals surface area contributed by atoms with Gasteiger partial charge in [-0.1, -0.05) is 17.7 Å². The Labute approximate surface area is 106 Å². The Bertz CT molecular complexity index is 407. The van der Waals surface area contributed by atoms with Gasteiger partial charge in [0.05, 0.1) is 7.11 Å². The van der Waals surface area contributed by atoms with Crippen LogP contribution in [0.25, 0.3) is 0 Å². The lowest BCUT2D eigenvalue weighted by atomic mass is 10.2. The van der Waals surface area contributed by atoms with E-state index in [9.17, 15) is 9.90 Å². The minimum absolute atomic E-state index is 0.336. The number of halogens is 1. The van der Waals surface area contributed by atoms with E-state index in [1.54, 1.807) is 32.4 Å². The second kappa shape index (κ2) is 5.89. The van der Waals surface area contributed by atoms with Crippen molar-refractivity contribution >= 4 is 17.5 Å². The molecule has 1 unspecified atom stereocenters. The predicted octanol–water partition coefficient (Wildman–Crippen LogP) is 1.69. The monoisotopic (exact) mass is 257 g/mol. The first-order valence-electron chi connectivity index (χ1n) is 5.21. The van der Waals surface area contributed by atoms with Gasteiger partial charge in [-0.25, -0.2) is 0 Å². The summed E-state index contributed by atoms with van der Waals surface area (Å²) in [7, 11) is 3.18. The number of ether oxygens (including phenoxy) is 1. The highest BCUT2D eigenvalue weighted by molar-refractivity contribution is 6.31. The first kappa shape index (κ1) is 13.8. The molecule has 1 aromatic rings. The number of amides is 1. The Balaban J connectivity index is 2.78. The van der Waals surface area contributed by atoms with Crippen molar-refractivity contribution in [3.8, 4) is 5.75 Å². The fourth-order valence-electron chi connectivity index (χ4n) is 1.44. The number of methoxy groups -OCH3 is 1. The lowest BCUT2D eigenvalue weighted by Gasteiger charge is -2.19. The molecule has 0 heterocycles. The summed E-state index contributed by atoms with van der Waals surface area (Å²) in [6.07, 6.45) is -1.00. The van der Waals surface area contributed by atoms with Crippen LogP contribution in [0.2, 0.25) is 5.02 Å². The average Bonchev–Trinajstić information content (AvgIpc) is 2.30. The second-order valence-corrected chi connectivity index (χ2v) is 4.23. The number of likely N-dealkylation sites (N-methyl/N-ethyl adjacent to an activating group) is 1. The fraction of sp³-hybridized carbons (Fsp3) is 0.417. The third-order valence-electron chi connectivity index (χ3n) is 2.40. The number of rotatable bonds is 4. The van der Waals surface area contributed by atoms with E-state index in [1.807, 2.05) is 0 Å². The normalized spacial score (nSPS) is 12.1. The van der Waals surface area contributed by atoms with Crippen molar-refractivity contribution in [2.75, 3.05) is 14.2 Å². The number of nitrogens with zero attached hydrogens (tertiary/aromatic N) is 1. The number of aliphatic hydroxyl groups excluding tert-OH is 1. The van der Waals surface area contributed by atoms with E-state index in [0.717, 1.165) is 5.56 Å². The van der Waals surface area contributed by atoms with Gasteiger partial charge in [-0.05, 0) is 24.6 Å². The fourth-order valence-corrected chi connectivity index (χ4v) is 1.67. The molecule has 1 atom stereocenters. The van der Waals surface area contributed by atoms with Gasteiger partial charge in [-0.15, -0.1) is 0 Å². The van der Waals surface area contributed by atoms with E-state index in [0.29, 0.717) is 17.3 Å². The predicted molar refractivity (Wildman–Crippen MR) is 66.2 cm³/mol. The minimum Gasteiger partial charge on any atom is -0.497 e. The quantitative estimate of drug-likeness (QED) is 0.893. The van der Waals surface area contributed by atoms with E-state index in [-0.39, 0.29) is 5.91 Å². The first-order valence-corrected chi connectivity index (χ1v) is 5.59. The summed E-state index contributed by atoms with van der Waals surface area (Å²) in [6, 6.07) is 5.27. The van der Waals surface area contributed by atoms with E-state index >= 15 is 0 Å². The average molecular weight is 258 g/mol. The lowest BCUT2D eigenvalue weighted by molar-refractivity contribution is -0.138. The third-order valence-corrected chi connectivity index (χ3v) is 2.75. The van der Waals surface area contributed by atoms with Crippen molar-refractivity contribution in [3.05, 3.63) is 28.8 Å². The molecule has 5 heteroatoms. The molecule has 0 bridgehead atoms. The summed E-state index contributed by atoms with van der Waals surface area (Å²) in [6.45, 7) is 1.79. The lowest BCUT2D eigenvalue weighted by Crippen LogP contribution is -2.34. The summed E-state index contributed by atoms with van der Waals surface area (Å²) in [5.74, 6) is 0.333. The van der Waals surface area contributed by atoms with Gasteiger partial charge < -0.3 is 14.7 Å². The van der Waals surface area contributed by atoms with Crippen molar-refractivity contribution < 1.29 is 14.6 Å². The number of benzene rings is 1. The Morgan fingerprint density at radius 2 is 2.24 bits per heavy atom. The number of carbonyl (C=O) groups is 1. The van der Waals surface area contributed by atoms with E-state index in [1.165, 1.54) is 11.8 Å². The summed E-state index contributed by atoms with van der Waals surface area (Å²) in [4.78, 5) is 12.9. The molecule has 94 valence electrons. The topological polar surface area (TPSA) is 49.8 Å². The third kappa shape index (κ3) is 3.61. The maximum atomic E-state index is 11.5. The number of carbonyl (C=O) groups excluding carboxylic acids is 1. The number of hydrogen-bond acceptors (Lipinski definition) is 3. The molecule has 0 fully saturated rings. The Hall–Kier alpha value is -1.26. The Morgan fingerprint density at radius 3 is 2.71 bits per heavy atom. The molecule has 1 amide bonds. The molecule has 0 radical (unpaired) electrons. The molecular formula is C12H16ClNO3. The summed E-state index contributed by atoms with van der Waals surface area (Å²) in [5.41, 5.74) is 0.809. The van der Waals surface area contributed by atoms with Crippen LogP contribution in [-0.4, -0.2) is 36.2 Å². The largest absolute Gasteiger partial charge is 0.497 e. The van der Waals surface area contributed by atoms with Crippen molar-refractivity contribution in [1.29, 1.82) is 0 Å². The van der Waals surface area contributed by atoms with Crippen LogP contribution < -0.4 is 4.74 Å². The molecule has 1 aromatic carbocycles. The minimum atomic E-state index is -1.00. The Kier molecular flexibility index (Phi) is 4.78. The van der Waals surface area contributed by atoms with Gasteiger partial charge in [0.2, 0.25) is 0 Å². The van der Waals surface area contributed by atoms with E-state index in [2.05, 4.69) is 0 Å². The zero-order chi connectivity index (χ0) is 13.0. The highest BCUT2D eigenvalue weighted by atomic mass is 35.5. The molecule has 0 spiro atoms. The zero-order valence-corrected chi connectivity index (χ0v) is 10.9. The van der Waals surface area contributed by atoms with Gasteiger partial charge in [-0.3, -0.25) is 4.79 Å². The standard InChI is InChI=1S/C12H16ClNO3/c1-8(15)12(16)14(2)7-9-4-5-10(17-3)6-11(9)13/h4-6,8,15H,7H2,1-3H3. The highest BCUT2D eigenvalue weighted by Gasteiger charge is 2.15. The van der Waals surface area contributed by atoms with Crippen LogP contribution in [0.3, 0.4) is 0 Å². The van der Waals surface area contributed by atoms with Crippen LogP contribution in [0.5, 0.6) is 5.75 Å². The van der Waals surface area contributed by atoms with Crippen LogP contribution in [0, 0.1) is 0 Å². The van der Waals surface area contributed by atoms with Crippen molar-refractivity contribution in [3.63, 3.8) is 0 Å². The smallest absolute Gasteiger partial charge is 0.251 e. The highest BCUT2D eigenvalue weighted by Crippen LogP contribution is 2.23. The van der Waals surface area contributed by atoms with Crippen molar-refractivity contribution in [1.82, 2.24) is 4.90 Å². The molecule has 0 saturated heterocycles. The van der Waals surface area contributed by atoms with Gasteiger partial charge in [0.1, 0.15) is 11.9 Å². The van der Waals surface area contributed by atoms with Gasteiger partial charge in [0.15, 0.2) is 0 Å². The van der Waals surface area contributed by atoms with Crippen LogP contribution in [0.4, 0.5) is 0 Å². The molecule has 4 nitrogen and oxygen atoms in total. The van der Waals surface area contributed by atoms with Gasteiger partial charge in [0.25, 0.3) is 5.91 Å². The molecule has 0 aliphatic carbocycles. The number of hydrogen-bond donors (Lipinski definition) is 1. The molecule has 0 aliphatic heterocycles. The first-order chi connectivity index (χ1) is 7.95. The summed E-state index contributed by atoms with van der Waals surface area (Å²) >= 11 is 6.06. The molecule has 0 saturated carbocycles. The van der Waals surface area contributed by atoms with E-state index < -0.39 is 6.10 Å².